The molecule has 0 amide bonds. The number of benzene rings is 1. The Kier molecular flexibility index (Phi) is 5.35. The largest absolute Gasteiger partial charge is 0.496 e. The Morgan fingerprint density at radius 3 is 2.50 bits per heavy atom. The lowest BCUT2D eigenvalue weighted by Gasteiger charge is -2.28. The van der Waals surface area contributed by atoms with Crippen molar-refractivity contribution in [3.8, 4) is 5.75 Å². The van der Waals surface area contributed by atoms with Crippen molar-refractivity contribution in [1.29, 1.82) is 0 Å². The minimum atomic E-state index is 0.481. The summed E-state index contributed by atoms with van der Waals surface area (Å²) in [5.41, 5.74) is 1.74. The minimum absolute atomic E-state index is 0.481. The van der Waals surface area contributed by atoms with Gasteiger partial charge in [-0.05, 0) is 38.1 Å². The number of hydrogen-bond donors (Lipinski definition) is 0. The summed E-state index contributed by atoms with van der Waals surface area (Å²) in [5, 5.41) is 0. The number of carbonyl (C=O) groups excluding carboxylic acids is 1. The van der Waals surface area contributed by atoms with Gasteiger partial charge < -0.3 is 4.74 Å². The number of carbonyl (C=O) groups is 1. The maximum atomic E-state index is 10.8. The van der Waals surface area contributed by atoms with E-state index in [-0.39, 0.29) is 0 Å². The number of ether oxygens (including phenoxy) is 1. The zero-order valence-electron chi connectivity index (χ0n) is 11.9. The van der Waals surface area contributed by atoms with E-state index < -0.39 is 0 Å². The fourth-order valence-corrected chi connectivity index (χ4v) is 1.92. The molecule has 1 aromatic rings. The first-order valence-corrected chi connectivity index (χ1v) is 6.32. The highest BCUT2D eigenvalue weighted by Crippen LogP contribution is 2.22. The lowest BCUT2D eigenvalue weighted by atomic mass is 10.0. The van der Waals surface area contributed by atoms with Crippen molar-refractivity contribution in [3.63, 3.8) is 0 Å². The molecule has 0 aliphatic heterocycles. The molecule has 0 fully saturated rings. The Bertz CT molecular complexity index is 401. The van der Waals surface area contributed by atoms with Crippen molar-refractivity contribution in [2.45, 2.75) is 33.4 Å². The standard InChI is InChI=1S/C15H23NO2/c1-11(2)12(3)16(4)9-14-8-13(10-17)6-7-15(14)18-5/h6-8,10-12H,9H2,1-5H3. The van der Waals surface area contributed by atoms with E-state index in [0.29, 0.717) is 17.5 Å². The van der Waals surface area contributed by atoms with Gasteiger partial charge in [-0.25, -0.2) is 0 Å². The average Bonchev–Trinajstić information content (AvgIpc) is 2.37. The van der Waals surface area contributed by atoms with E-state index >= 15 is 0 Å². The SMILES string of the molecule is COc1ccc(C=O)cc1CN(C)C(C)C(C)C. The van der Waals surface area contributed by atoms with Crippen molar-refractivity contribution >= 4 is 6.29 Å². The number of rotatable bonds is 6. The predicted molar refractivity (Wildman–Crippen MR) is 74.1 cm³/mol. The summed E-state index contributed by atoms with van der Waals surface area (Å²) >= 11 is 0. The molecule has 0 heterocycles. The highest BCUT2D eigenvalue weighted by molar-refractivity contribution is 5.75. The van der Waals surface area contributed by atoms with Crippen LogP contribution >= 0.6 is 0 Å². The van der Waals surface area contributed by atoms with Gasteiger partial charge in [-0.2, -0.15) is 0 Å². The normalized spacial score (nSPS) is 12.8. The second kappa shape index (κ2) is 6.55. The summed E-state index contributed by atoms with van der Waals surface area (Å²) in [6, 6.07) is 6.01. The smallest absolute Gasteiger partial charge is 0.150 e. The van der Waals surface area contributed by atoms with E-state index in [1.807, 2.05) is 12.1 Å². The highest BCUT2D eigenvalue weighted by Gasteiger charge is 2.15. The first-order chi connectivity index (χ1) is 8.49. The number of aldehydes is 1. The molecule has 18 heavy (non-hydrogen) atoms. The summed E-state index contributed by atoms with van der Waals surface area (Å²) in [6.07, 6.45) is 0.870. The number of methoxy groups -OCH3 is 1. The van der Waals surface area contributed by atoms with Gasteiger partial charge in [0.1, 0.15) is 12.0 Å². The molecular formula is C15H23NO2. The lowest BCUT2D eigenvalue weighted by Crippen LogP contribution is -2.32. The van der Waals surface area contributed by atoms with Crippen LogP contribution in [0.3, 0.4) is 0 Å². The van der Waals surface area contributed by atoms with E-state index in [1.165, 1.54) is 0 Å². The molecule has 0 spiro atoms. The maximum absolute atomic E-state index is 10.8. The van der Waals surface area contributed by atoms with Crippen LogP contribution in [0.1, 0.15) is 36.7 Å². The molecule has 1 aromatic carbocycles. The van der Waals surface area contributed by atoms with Crippen molar-refractivity contribution in [2.75, 3.05) is 14.2 Å². The highest BCUT2D eigenvalue weighted by atomic mass is 16.5. The molecule has 0 aliphatic carbocycles. The zero-order valence-corrected chi connectivity index (χ0v) is 11.9. The second-order valence-corrected chi connectivity index (χ2v) is 5.09. The molecular weight excluding hydrogens is 226 g/mol. The van der Waals surface area contributed by atoms with E-state index in [9.17, 15) is 4.79 Å². The van der Waals surface area contributed by atoms with Crippen LogP contribution in [0.25, 0.3) is 0 Å². The molecule has 1 rings (SSSR count). The fourth-order valence-electron chi connectivity index (χ4n) is 1.92. The zero-order chi connectivity index (χ0) is 13.7. The predicted octanol–water partition coefficient (Wildman–Crippen LogP) is 2.98. The second-order valence-electron chi connectivity index (χ2n) is 5.09. The van der Waals surface area contributed by atoms with Crippen LogP contribution < -0.4 is 4.74 Å². The third-order valence-corrected chi connectivity index (χ3v) is 3.52. The monoisotopic (exact) mass is 249 g/mol. The van der Waals surface area contributed by atoms with Crippen LogP contribution in [-0.2, 0) is 6.54 Å². The summed E-state index contributed by atoms with van der Waals surface area (Å²) in [4.78, 5) is 13.1. The Balaban J connectivity index is 2.91. The maximum Gasteiger partial charge on any atom is 0.150 e. The van der Waals surface area contributed by atoms with Crippen LogP contribution in [0.15, 0.2) is 18.2 Å². The lowest BCUT2D eigenvalue weighted by molar-refractivity contribution is 0.112. The summed E-state index contributed by atoms with van der Waals surface area (Å²) in [7, 11) is 3.75. The first kappa shape index (κ1) is 14.7. The average molecular weight is 249 g/mol. The van der Waals surface area contributed by atoms with Crippen LogP contribution in [0.4, 0.5) is 0 Å². The molecule has 1 unspecified atom stereocenters. The fraction of sp³-hybridized carbons (Fsp3) is 0.533. The number of hydrogen-bond acceptors (Lipinski definition) is 3. The van der Waals surface area contributed by atoms with Gasteiger partial charge in [-0.3, -0.25) is 9.69 Å². The summed E-state index contributed by atoms with van der Waals surface area (Å²) < 4.78 is 5.34. The Labute approximate surface area is 110 Å². The summed E-state index contributed by atoms with van der Waals surface area (Å²) in [5.74, 6) is 1.43. The quantitative estimate of drug-likeness (QED) is 0.726. The van der Waals surface area contributed by atoms with Crippen LogP contribution in [0.5, 0.6) is 5.75 Å². The number of nitrogens with zero attached hydrogens (tertiary/aromatic N) is 1. The molecule has 0 N–H and O–H groups in total. The van der Waals surface area contributed by atoms with Crippen LogP contribution in [-0.4, -0.2) is 31.4 Å². The third-order valence-electron chi connectivity index (χ3n) is 3.52. The summed E-state index contributed by atoms with van der Waals surface area (Å²) in [6.45, 7) is 7.41. The topological polar surface area (TPSA) is 29.5 Å². The third kappa shape index (κ3) is 3.57. The van der Waals surface area contributed by atoms with Gasteiger partial charge >= 0.3 is 0 Å². The van der Waals surface area contributed by atoms with Crippen molar-refractivity contribution in [2.24, 2.45) is 5.92 Å². The van der Waals surface area contributed by atoms with Crippen molar-refractivity contribution in [1.82, 2.24) is 4.90 Å². The minimum Gasteiger partial charge on any atom is -0.496 e. The van der Waals surface area contributed by atoms with Crippen LogP contribution in [0.2, 0.25) is 0 Å². The molecule has 0 aliphatic rings. The van der Waals surface area contributed by atoms with Gasteiger partial charge in [0.25, 0.3) is 0 Å². The molecule has 0 bridgehead atoms. The molecule has 0 saturated heterocycles. The molecule has 1 atom stereocenters. The molecule has 0 saturated carbocycles. The van der Waals surface area contributed by atoms with E-state index in [0.717, 1.165) is 24.1 Å². The van der Waals surface area contributed by atoms with Crippen molar-refractivity contribution in [3.05, 3.63) is 29.3 Å². The molecule has 0 radical (unpaired) electrons. The van der Waals surface area contributed by atoms with Crippen LogP contribution in [0, 0.1) is 5.92 Å². The van der Waals surface area contributed by atoms with Gasteiger partial charge in [0, 0.05) is 23.7 Å². The van der Waals surface area contributed by atoms with Gasteiger partial charge in [0.2, 0.25) is 0 Å². The van der Waals surface area contributed by atoms with E-state index in [2.05, 4.69) is 32.7 Å². The van der Waals surface area contributed by atoms with E-state index in [1.54, 1.807) is 13.2 Å². The Hall–Kier alpha value is -1.35. The Morgan fingerprint density at radius 1 is 1.33 bits per heavy atom. The first-order valence-electron chi connectivity index (χ1n) is 6.32. The Morgan fingerprint density at radius 2 is 2.00 bits per heavy atom. The molecule has 3 nitrogen and oxygen atoms in total. The van der Waals surface area contributed by atoms with Gasteiger partial charge in [0.15, 0.2) is 0 Å². The van der Waals surface area contributed by atoms with Crippen molar-refractivity contribution < 1.29 is 9.53 Å². The van der Waals surface area contributed by atoms with Gasteiger partial charge in [0.05, 0.1) is 7.11 Å². The van der Waals surface area contributed by atoms with E-state index in [4.69, 9.17) is 4.74 Å². The molecule has 100 valence electrons. The van der Waals surface area contributed by atoms with Gasteiger partial charge in [-0.1, -0.05) is 13.8 Å². The van der Waals surface area contributed by atoms with Gasteiger partial charge in [-0.15, -0.1) is 0 Å². The molecule has 3 heteroatoms. The molecule has 0 aromatic heterocycles.